The summed E-state index contributed by atoms with van der Waals surface area (Å²) in [5.74, 6) is -0.136. The SMILES string of the molecule is CCN(Cc1nnc(-c2cccc(NC(=O)COCCOCCOCCOCCOCCOCCOCCOCCOCCOCCOC)c2)nn1)C(=O)Oc1ccc(COC(=O)Cc2ccc3c(C)cc(=O)oc3c2)cc1. The quantitative estimate of drug-likeness (QED) is 0.0322. The van der Waals surface area contributed by atoms with Gasteiger partial charge in [-0.2, -0.15) is 0 Å². The molecule has 0 spiro atoms. The fraction of sp³-hybridized carbons (Fsp3) is 0.519. The Morgan fingerprint density at radius 3 is 1.63 bits per heavy atom. The Balaban J connectivity index is 0.825. The molecule has 78 heavy (non-hydrogen) atoms. The van der Waals surface area contributed by atoms with Crippen LogP contribution in [-0.4, -0.2) is 196 Å². The lowest BCUT2D eigenvalue weighted by Crippen LogP contribution is -2.33. The van der Waals surface area contributed by atoms with E-state index >= 15 is 0 Å². The van der Waals surface area contributed by atoms with E-state index in [2.05, 4.69) is 25.7 Å². The molecule has 2 amide bonds. The van der Waals surface area contributed by atoms with Gasteiger partial charge < -0.3 is 76.2 Å². The predicted molar refractivity (Wildman–Crippen MR) is 281 cm³/mol. The number of hydrogen-bond acceptors (Lipinski definition) is 22. The van der Waals surface area contributed by atoms with E-state index in [0.717, 1.165) is 10.9 Å². The average molecular weight is 1090 g/mol. The number of hydrogen-bond donors (Lipinski definition) is 1. The number of ether oxygens (including phenoxy) is 13. The molecule has 0 saturated carbocycles. The number of fused-ring (bicyclic) bond motifs is 1. The molecule has 0 fully saturated rings. The summed E-state index contributed by atoms with van der Waals surface area (Å²) < 4.78 is 75.8. The van der Waals surface area contributed by atoms with Crippen molar-refractivity contribution < 1.29 is 80.4 Å². The minimum atomic E-state index is -0.639. The number of rotatable bonds is 42. The van der Waals surface area contributed by atoms with E-state index in [-0.39, 0.29) is 69.2 Å². The largest absolute Gasteiger partial charge is 0.461 e. The molecule has 2 aromatic heterocycles. The Morgan fingerprint density at radius 2 is 1.10 bits per heavy atom. The molecule has 0 aliphatic carbocycles. The van der Waals surface area contributed by atoms with E-state index in [1.807, 2.05) is 6.92 Å². The van der Waals surface area contributed by atoms with Gasteiger partial charge in [-0.05, 0) is 60.9 Å². The highest BCUT2D eigenvalue weighted by atomic mass is 16.6. The second-order valence-corrected chi connectivity index (χ2v) is 16.8. The summed E-state index contributed by atoms with van der Waals surface area (Å²) in [4.78, 5) is 51.3. The van der Waals surface area contributed by atoms with Crippen LogP contribution in [0.3, 0.4) is 0 Å². The summed E-state index contributed by atoms with van der Waals surface area (Å²) >= 11 is 0. The van der Waals surface area contributed by atoms with Crippen LogP contribution in [0.1, 0.15) is 29.4 Å². The fourth-order valence-corrected chi connectivity index (χ4v) is 6.80. The van der Waals surface area contributed by atoms with Gasteiger partial charge >= 0.3 is 17.7 Å². The molecule has 0 aliphatic rings. The van der Waals surface area contributed by atoms with Crippen molar-refractivity contribution in [3.63, 3.8) is 0 Å². The maximum atomic E-state index is 13.1. The third kappa shape index (κ3) is 25.8. The molecule has 24 heteroatoms. The van der Waals surface area contributed by atoms with E-state index < -0.39 is 17.7 Å². The van der Waals surface area contributed by atoms with E-state index in [4.69, 9.17) is 66.0 Å². The molecule has 0 unspecified atom stereocenters. The van der Waals surface area contributed by atoms with Gasteiger partial charge in [-0.1, -0.05) is 36.4 Å². The van der Waals surface area contributed by atoms with Gasteiger partial charge in [0.25, 0.3) is 0 Å². The average Bonchev–Trinajstić information content (AvgIpc) is 3.46. The number of aryl methyl sites for hydroxylation is 1. The number of benzene rings is 3. The Bertz CT molecular complexity index is 2540. The minimum Gasteiger partial charge on any atom is -0.461 e. The molecular weight excluding hydrogens is 1020 g/mol. The highest BCUT2D eigenvalue weighted by molar-refractivity contribution is 5.92. The number of aromatic nitrogens is 4. The standard InChI is InChI=1S/C54H72N6O18/c1-4-60(54(64)77-46-11-8-42(9-12-46)39-76-51(62)36-43-10-13-47-41(2)34-52(63)78-48(47)35-43)38-49-56-58-53(59-57-49)44-6-5-7-45(37-44)55-50(61)40-75-33-32-74-31-30-73-29-28-72-27-26-71-25-24-70-23-22-69-21-20-68-19-18-67-17-16-66-15-14-65-3/h5-13,34-35,37H,4,14-33,36,38-40H2,1-3H3,(H,55,61). The van der Waals surface area contributed by atoms with Gasteiger partial charge in [-0.25, -0.2) is 9.59 Å². The lowest BCUT2D eigenvalue weighted by molar-refractivity contribution is -0.144. The number of nitrogens with one attached hydrogen (secondary N) is 1. The van der Waals surface area contributed by atoms with Gasteiger partial charge in [0.1, 0.15) is 24.5 Å². The number of carbonyl (C=O) groups excluding carboxylic acids is 3. The molecule has 24 nitrogen and oxygen atoms in total. The van der Waals surface area contributed by atoms with Gasteiger partial charge in [0.15, 0.2) is 5.82 Å². The van der Waals surface area contributed by atoms with Gasteiger partial charge in [-0.15, -0.1) is 20.4 Å². The lowest BCUT2D eigenvalue weighted by atomic mass is 10.1. The first kappa shape index (κ1) is 62.4. The van der Waals surface area contributed by atoms with Crippen molar-refractivity contribution in [3.05, 3.63) is 106 Å². The van der Waals surface area contributed by atoms with Crippen LogP contribution in [0.2, 0.25) is 0 Å². The summed E-state index contributed by atoms with van der Waals surface area (Å²) in [6, 6.07) is 20.1. The van der Waals surface area contributed by atoms with Crippen LogP contribution < -0.4 is 15.7 Å². The van der Waals surface area contributed by atoms with Crippen LogP contribution in [0.25, 0.3) is 22.4 Å². The molecule has 5 aromatic rings. The topological polar surface area (TPSA) is 268 Å². The summed E-state index contributed by atoms with van der Waals surface area (Å²) in [7, 11) is 1.64. The maximum Gasteiger partial charge on any atom is 0.415 e. The minimum absolute atomic E-state index is 0.00456. The summed E-state index contributed by atoms with van der Waals surface area (Å²) in [6.45, 7) is 12.8. The number of carbonyl (C=O) groups is 3. The molecule has 5 rings (SSSR count). The summed E-state index contributed by atoms with van der Waals surface area (Å²) in [6.07, 6.45) is -0.644. The molecule has 3 aromatic carbocycles. The second-order valence-electron chi connectivity index (χ2n) is 16.8. The van der Waals surface area contributed by atoms with E-state index in [1.54, 1.807) is 80.8 Å². The van der Waals surface area contributed by atoms with Crippen molar-refractivity contribution in [2.45, 2.75) is 33.4 Å². The number of methoxy groups -OCH3 is 1. The first-order chi connectivity index (χ1) is 38.2. The van der Waals surface area contributed by atoms with Gasteiger partial charge in [0.05, 0.1) is 145 Å². The Kier molecular flexibility index (Phi) is 30.6. The zero-order valence-corrected chi connectivity index (χ0v) is 44.7. The third-order valence-corrected chi connectivity index (χ3v) is 10.8. The smallest absolute Gasteiger partial charge is 0.415 e. The van der Waals surface area contributed by atoms with Crippen LogP contribution in [0.5, 0.6) is 5.75 Å². The van der Waals surface area contributed by atoms with Crippen molar-refractivity contribution in [1.29, 1.82) is 0 Å². The summed E-state index contributed by atoms with van der Waals surface area (Å²) in [5, 5.41) is 20.3. The van der Waals surface area contributed by atoms with E-state index in [1.165, 1.54) is 11.0 Å². The molecule has 1 N–H and O–H groups in total. The molecule has 0 atom stereocenters. The van der Waals surface area contributed by atoms with Crippen LogP contribution in [0, 0.1) is 6.92 Å². The molecule has 426 valence electrons. The normalized spacial score (nSPS) is 11.3. The van der Waals surface area contributed by atoms with Crippen LogP contribution in [0.4, 0.5) is 10.5 Å². The molecular formula is C54H72N6O18. The Hall–Kier alpha value is -6.42. The first-order valence-electron chi connectivity index (χ1n) is 25.7. The number of nitrogens with zero attached hydrogens (tertiary/aromatic N) is 5. The van der Waals surface area contributed by atoms with Gasteiger partial charge in [0.2, 0.25) is 11.7 Å². The van der Waals surface area contributed by atoms with Crippen molar-refractivity contribution >= 4 is 34.6 Å². The fourth-order valence-electron chi connectivity index (χ4n) is 6.80. The van der Waals surface area contributed by atoms with Crippen LogP contribution in [-0.2, 0) is 86.0 Å². The Morgan fingerprint density at radius 1 is 0.590 bits per heavy atom. The van der Waals surface area contributed by atoms with Crippen molar-refractivity contribution in [2.24, 2.45) is 0 Å². The van der Waals surface area contributed by atoms with Crippen molar-refractivity contribution in [1.82, 2.24) is 25.3 Å². The van der Waals surface area contributed by atoms with Crippen LogP contribution in [0.15, 0.2) is 82.0 Å². The number of amides is 2. The number of anilines is 1. The predicted octanol–water partition coefficient (Wildman–Crippen LogP) is 4.41. The number of esters is 1. The Labute approximate surface area is 453 Å². The first-order valence-corrected chi connectivity index (χ1v) is 25.7. The second kappa shape index (κ2) is 38.2. The van der Waals surface area contributed by atoms with Crippen molar-refractivity contribution in [2.75, 3.05) is 158 Å². The van der Waals surface area contributed by atoms with E-state index in [9.17, 15) is 19.2 Å². The molecule has 0 bridgehead atoms. The third-order valence-electron chi connectivity index (χ3n) is 10.8. The zero-order valence-electron chi connectivity index (χ0n) is 44.7. The highest BCUT2D eigenvalue weighted by Crippen LogP contribution is 2.21. The summed E-state index contributed by atoms with van der Waals surface area (Å²) in [5.41, 5.74) is 3.13. The lowest BCUT2D eigenvalue weighted by Gasteiger charge is -2.19. The van der Waals surface area contributed by atoms with Gasteiger partial charge in [-0.3, -0.25) is 9.59 Å². The van der Waals surface area contributed by atoms with Gasteiger partial charge in [0, 0.05) is 36.4 Å². The molecule has 0 aliphatic heterocycles. The maximum absolute atomic E-state index is 13.1. The van der Waals surface area contributed by atoms with Crippen LogP contribution >= 0.6 is 0 Å². The zero-order chi connectivity index (χ0) is 55.3. The monoisotopic (exact) mass is 1090 g/mol. The molecule has 2 heterocycles. The molecule has 0 saturated heterocycles. The van der Waals surface area contributed by atoms with Crippen molar-refractivity contribution in [3.8, 4) is 17.1 Å². The highest BCUT2D eigenvalue weighted by Gasteiger charge is 2.18. The molecule has 0 radical (unpaired) electrons. The van der Waals surface area contributed by atoms with E-state index in [0.29, 0.717) is 147 Å².